The van der Waals surface area contributed by atoms with Gasteiger partial charge in [0.2, 0.25) is 5.95 Å². The highest BCUT2D eigenvalue weighted by atomic mass is 16.1. The molecule has 25 heavy (non-hydrogen) atoms. The molecule has 0 aliphatic carbocycles. The molecule has 1 atom stereocenters. The Morgan fingerprint density at radius 1 is 1.16 bits per heavy atom. The minimum absolute atomic E-state index is 0.178. The highest BCUT2D eigenvalue weighted by Crippen LogP contribution is 2.23. The number of piperidine rings is 1. The van der Waals surface area contributed by atoms with E-state index >= 15 is 0 Å². The van der Waals surface area contributed by atoms with Crippen molar-refractivity contribution in [3.8, 4) is 0 Å². The van der Waals surface area contributed by atoms with Crippen molar-refractivity contribution in [3.63, 3.8) is 0 Å². The van der Waals surface area contributed by atoms with Crippen LogP contribution in [0.25, 0.3) is 0 Å². The van der Waals surface area contributed by atoms with Crippen molar-refractivity contribution >= 4 is 17.5 Å². The molecule has 1 aliphatic rings. The summed E-state index contributed by atoms with van der Waals surface area (Å²) < 4.78 is 0. The highest BCUT2D eigenvalue weighted by molar-refractivity contribution is 6.04. The van der Waals surface area contributed by atoms with Gasteiger partial charge in [0.05, 0.1) is 5.56 Å². The molecule has 1 aliphatic heterocycles. The Balaban J connectivity index is 1.72. The number of aromatic nitrogens is 2. The third kappa shape index (κ3) is 4.16. The van der Waals surface area contributed by atoms with E-state index in [1.165, 1.54) is 19.3 Å². The minimum atomic E-state index is -0.178. The first-order valence-electron chi connectivity index (χ1n) is 9.05. The maximum Gasteiger partial charge on any atom is 0.258 e. The maximum absolute atomic E-state index is 12.4. The van der Waals surface area contributed by atoms with Gasteiger partial charge in [0.1, 0.15) is 0 Å². The molecule has 1 saturated heterocycles. The van der Waals surface area contributed by atoms with Gasteiger partial charge in [-0.25, -0.2) is 9.97 Å². The van der Waals surface area contributed by atoms with Crippen LogP contribution in [0.2, 0.25) is 0 Å². The van der Waals surface area contributed by atoms with E-state index in [9.17, 15) is 4.79 Å². The van der Waals surface area contributed by atoms with Crippen LogP contribution in [-0.4, -0.2) is 28.5 Å². The SMILES string of the molecule is CCC1CCCCN1c1ncc(C(=O)Nc2cc(C)cc(C)c2)cn1. The van der Waals surface area contributed by atoms with Crippen LogP contribution in [0.1, 0.15) is 54.1 Å². The molecule has 1 aromatic carbocycles. The van der Waals surface area contributed by atoms with Crippen LogP contribution in [0.15, 0.2) is 30.6 Å². The lowest BCUT2D eigenvalue weighted by Gasteiger charge is -2.35. The van der Waals surface area contributed by atoms with Crippen molar-refractivity contribution < 1.29 is 4.79 Å². The maximum atomic E-state index is 12.4. The monoisotopic (exact) mass is 338 g/mol. The van der Waals surface area contributed by atoms with E-state index in [-0.39, 0.29) is 5.91 Å². The summed E-state index contributed by atoms with van der Waals surface area (Å²) in [6, 6.07) is 6.50. The molecule has 5 nitrogen and oxygen atoms in total. The number of carbonyl (C=O) groups is 1. The fourth-order valence-electron chi connectivity index (χ4n) is 3.53. The van der Waals surface area contributed by atoms with Gasteiger partial charge < -0.3 is 10.2 Å². The number of rotatable bonds is 4. The third-order valence-corrected chi connectivity index (χ3v) is 4.74. The number of carbonyl (C=O) groups excluding carboxylic acids is 1. The first-order valence-corrected chi connectivity index (χ1v) is 9.05. The van der Waals surface area contributed by atoms with Crippen LogP contribution in [0, 0.1) is 13.8 Å². The van der Waals surface area contributed by atoms with Gasteiger partial charge in [0, 0.05) is 30.7 Å². The smallest absolute Gasteiger partial charge is 0.258 e. The molecule has 2 aromatic rings. The summed E-state index contributed by atoms with van der Waals surface area (Å²) in [6.45, 7) is 7.23. The lowest BCUT2D eigenvalue weighted by atomic mass is 10.0. The summed E-state index contributed by atoms with van der Waals surface area (Å²) in [6.07, 6.45) is 7.98. The normalized spacial score (nSPS) is 17.4. The molecular weight excluding hydrogens is 312 g/mol. The van der Waals surface area contributed by atoms with E-state index in [1.54, 1.807) is 12.4 Å². The molecule has 0 radical (unpaired) electrons. The Hall–Kier alpha value is -2.43. The number of benzene rings is 1. The second-order valence-electron chi connectivity index (χ2n) is 6.85. The Labute approximate surface area is 149 Å². The van der Waals surface area contributed by atoms with Crippen LogP contribution < -0.4 is 10.2 Å². The van der Waals surface area contributed by atoms with E-state index in [0.29, 0.717) is 11.6 Å². The van der Waals surface area contributed by atoms with Crippen molar-refractivity contribution in [3.05, 3.63) is 47.3 Å². The number of nitrogens with zero attached hydrogens (tertiary/aromatic N) is 3. The molecule has 0 spiro atoms. The number of aryl methyl sites for hydroxylation is 2. The predicted octanol–water partition coefficient (Wildman–Crippen LogP) is 4.11. The van der Waals surface area contributed by atoms with Crippen LogP contribution in [0.3, 0.4) is 0 Å². The van der Waals surface area contributed by atoms with Crippen LogP contribution in [-0.2, 0) is 0 Å². The second kappa shape index (κ2) is 7.64. The van der Waals surface area contributed by atoms with E-state index in [0.717, 1.165) is 35.7 Å². The molecule has 0 saturated carbocycles. The van der Waals surface area contributed by atoms with Gasteiger partial charge in [-0.3, -0.25) is 4.79 Å². The second-order valence-corrected chi connectivity index (χ2v) is 6.85. The molecule has 1 fully saturated rings. The Kier molecular flexibility index (Phi) is 5.31. The van der Waals surface area contributed by atoms with Crippen LogP contribution in [0.5, 0.6) is 0 Å². The Morgan fingerprint density at radius 3 is 2.48 bits per heavy atom. The lowest BCUT2D eigenvalue weighted by molar-refractivity contribution is 0.102. The van der Waals surface area contributed by atoms with Crippen molar-refractivity contribution in [2.45, 2.75) is 52.5 Å². The van der Waals surface area contributed by atoms with Crippen molar-refractivity contribution in [1.82, 2.24) is 9.97 Å². The molecule has 0 bridgehead atoms. The van der Waals surface area contributed by atoms with E-state index in [2.05, 4.69) is 33.2 Å². The van der Waals surface area contributed by atoms with Crippen LogP contribution in [0.4, 0.5) is 11.6 Å². The topological polar surface area (TPSA) is 58.1 Å². The molecular formula is C20H26N4O. The number of amides is 1. The molecule has 5 heteroatoms. The van der Waals surface area contributed by atoms with Crippen molar-refractivity contribution in [2.75, 3.05) is 16.8 Å². The summed E-state index contributed by atoms with van der Waals surface area (Å²) in [5.41, 5.74) is 3.52. The number of nitrogens with one attached hydrogen (secondary N) is 1. The Bertz CT molecular complexity index is 722. The van der Waals surface area contributed by atoms with Crippen molar-refractivity contribution in [2.24, 2.45) is 0 Å². The average Bonchev–Trinajstić information content (AvgIpc) is 2.61. The van der Waals surface area contributed by atoms with E-state index < -0.39 is 0 Å². The summed E-state index contributed by atoms with van der Waals surface area (Å²) in [5.74, 6) is 0.553. The predicted molar refractivity (Wildman–Crippen MR) is 101 cm³/mol. The summed E-state index contributed by atoms with van der Waals surface area (Å²) in [4.78, 5) is 23.6. The molecule has 2 heterocycles. The molecule has 132 valence electrons. The number of anilines is 2. The zero-order chi connectivity index (χ0) is 17.8. The Morgan fingerprint density at radius 2 is 1.84 bits per heavy atom. The van der Waals surface area contributed by atoms with Gasteiger partial charge in [-0.2, -0.15) is 0 Å². The van der Waals surface area contributed by atoms with Gasteiger partial charge in [-0.15, -0.1) is 0 Å². The van der Waals surface area contributed by atoms with Gasteiger partial charge in [0.25, 0.3) is 5.91 Å². The summed E-state index contributed by atoms with van der Waals surface area (Å²) >= 11 is 0. The minimum Gasteiger partial charge on any atom is -0.338 e. The van der Waals surface area contributed by atoms with Gasteiger partial charge in [0.15, 0.2) is 0 Å². The van der Waals surface area contributed by atoms with Crippen LogP contribution >= 0.6 is 0 Å². The van der Waals surface area contributed by atoms with Crippen molar-refractivity contribution in [1.29, 1.82) is 0 Å². The zero-order valence-electron chi connectivity index (χ0n) is 15.2. The number of hydrogen-bond donors (Lipinski definition) is 1. The fraction of sp³-hybridized carbons (Fsp3) is 0.450. The third-order valence-electron chi connectivity index (χ3n) is 4.74. The van der Waals surface area contributed by atoms with E-state index in [1.807, 2.05) is 26.0 Å². The largest absolute Gasteiger partial charge is 0.338 e. The quantitative estimate of drug-likeness (QED) is 0.911. The molecule has 1 amide bonds. The standard InChI is InChI=1S/C20H26N4O/c1-4-18-7-5-6-8-24(18)20-21-12-16(13-22-20)19(25)23-17-10-14(2)9-15(3)11-17/h9-13,18H,4-8H2,1-3H3,(H,23,25). The average molecular weight is 338 g/mol. The molecule has 3 rings (SSSR count). The first kappa shape index (κ1) is 17.4. The van der Waals surface area contributed by atoms with Gasteiger partial charge >= 0.3 is 0 Å². The summed E-state index contributed by atoms with van der Waals surface area (Å²) in [5, 5.41) is 2.93. The zero-order valence-corrected chi connectivity index (χ0v) is 15.2. The molecule has 1 N–H and O–H groups in total. The first-order chi connectivity index (χ1) is 12.1. The molecule has 1 aromatic heterocycles. The summed E-state index contributed by atoms with van der Waals surface area (Å²) in [7, 11) is 0. The van der Waals surface area contributed by atoms with E-state index in [4.69, 9.17) is 0 Å². The number of hydrogen-bond acceptors (Lipinski definition) is 4. The van der Waals surface area contributed by atoms with Gasteiger partial charge in [-0.05, 0) is 62.8 Å². The molecule has 1 unspecified atom stereocenters. The fourth-order valence-corrected chi connectivity index (χ4v) is 3.53. The van der Waals surface area contributed by atoms with Gasteiger partial charge in [-0.1, -0.05) is 13.0 Å². The highest BCUT2D eigenvalue weighted by Gasteiger charge is 2.23. The lowest BCUT2D eigenvalue weighted by Crippen LogP contribution is -2.40.